The van der Waals surface area contributed by atoms with E-state index in [9.17, 15) is 19.2 Å². The van der Waals surface area contributed by atoms with Crippen LogP contribution in [-0.4, -0.2) is 74.0 Å². The summed E-state index contributed by atoms with van der Waals surface area (Å²) < 4.78 is 13.7. The van der Waals surface area contributed by atoms with Crippen LogP contribution in [0.4, 0.5) is 4.39 Å². The molecule has 2 aromatic carbocycles. The molecule has 10 nitrogen and oxygen atoms in total. The van der Waals surface area contributed by atoms with Crippen molar-refractivity contribution < 1.29 is 18.5 Å². The minimum Gasteiger partial charge on any atom is -0.342 e. The number of hydrogen-bond donors (Lipinski definition) is 4. The molecule has 1 aliphatic rings. The molecule has 240 valence electrons. The summed E-state index contributed by atoms with van der Waals surface area (Å²) in [4.78, 5) is 43.2. The number of aryl methyl sites for hydroxylation is 2. The molecule has 1 saturated heterocycles. The average Bonchev–Trinajstić information content (AvgIpc) is 3.79. The van der Waals surface area contributed by atoms with Crippen LogP contribution < -0.4 is 10.6 Å². The summed E-state index contributed by atoms with van der Waals surface area (Å²) in [7, 11) is 0. The van der Waals surface area contributed by atoms with E-state index in [1.165, 1.54) is 6.07 Å². The first-order chi connectivity index (χ1) is 22.0. The van der Waals surface area contributed by atoms with Crippen LogP contribution in [0.2, 0.25) is 0 Å². The molecule has 1 fully saturated rings. The fraction of sp³-hybridized carbons (Fsp3) is 0.400. The summed E-state index contributed by atoms with van der Waals surface area (Å²) in [5.41, 5.74) is 4.27. The summed E-state index contributed by atoms with van der Waals surface area (Å²) in [5, 5.41) is 16.5. The zero-order valence-electron chi connectivity index (χ0n) is 26.9. The minimum atomic E-state index is -0.709. The molecule has 4 aromatic rings. The van der Waals surface area contributed by atoms with Gasteiger partial charge < -0.3 is 15.3 Å². The zero-order chi connectivity index (χ0) is 32.9. The van der Waals surface area contributed by atoms with Crippen molar-refractivity contribution in [3.8, 4) is 28.8 Å². The molecule has 46 heavy (non-hydrogen) atoms. The number of imidazole rings is 2. The maximum atomic E-state index is 14.2. The second-order valence-corrected chi connectivity index (χ2v) is 12.8. The van der Waals surface area contributed by atoms with Gasteiger partial charge in [0.25, 0.3) is 0 Å². The van der Waals surface area contributed by atoms with E-state index in [-0.39, 0.29) is 30.7 Å². The summed E-state index contributed by atoms with van der Waals surface area (Å²) in [6.45, 7) is 8.33. The van der Waals surface area contributed by atoms with E-state index in [1.54, 1.807) is 19.2 Å². The van der Waals surface area contributed by atoms with Crippen LogP contribution in [0.15, 0.2) is 54.7 Å². The van der Waals surface area contributed by atoms with Gasteiger partial charge in [0.05, 0.1) is 12.2 Å². The number of quaternary nitrogens is 1. The quantitative estimate of drug-likeness (QED) is 0.134. The Hall–Kier alpha value is -4.50. The molecule has 0 saturated carbocycles. The molecular formula is C35H42FN8O2+. The monoisotopic (exact) mass is 625 g/mol. The van der Waals surface area contributed by atoms with Gasteiger partial charge in [-0.05, 0) is 39.3 Å². The van der Waals surface area contributed by atoms with Crippen LogP contribution in [-0.2, 0) is 22.4 Å². The summed E-state index contributed by atoms with van der Waals surface area (Å²) in [5.74, 6) is 0.485. The van der Waals surface area contributed by atoms with E-state index in [0.29, 0.717) is 55.7 Å². The van der Waals surface area contributed by atoms with E-state index in [4.69, 9.17) is 4.98 Å². The molecule has 0 bridgehead atoms. The molecule has 4 N–H and O–H groups in total. The number of nitrogens with zero attached hydrogens (tertiary/aromatic N) is 4. The first-order valence-electron chi connectivity index (χ1n) is 15.7. The van der Waals surface area contributed by atoms with Gasteiger partial charge in [0.1, 0.15) is 36.6 Å². The Morgan fingerprint density at radius 3 is 2.57 bits per heavy atom. The molecule has 1 unspecified atom stereocenters. The first-order valence-corrected chi connectivity index (χ1v) is 15.7. The van der Waals surface area contributed by atoms with Gasteiger partial charge in [0.15, 0.2) is 6.04 Å². The van der Waals surface area contributed by atoms with E-state index in [0.717, 1.165) is 28.5 Å². The number of rotatable bonds is 12. The molecule has 1 aliphatic heterocycles. The lowest BCUT2D eigenvalue weighted by atomic mass is 9.97. The maximum Gasteiger partial charge on any atom is 0.336 e. The molecule has 2 atom stereocenters. The van der Waals surface area contributed by atoms with Crippen molar-refractivity contribution in [1.82, 2.24) is 30.6 Å². The van der Waals surface area contributed by atoms with E-state index >= 15 is 0 Å². The highest BCUT2D eigenvalue weighted by molar-refractivity contribution is 5.87. The van der Waals surface area contributed by atoms with Gasteiger partial charge in [0.2, 0.25) is 0 Å². The van der Waals surface area contributed by atoms with Gasteiger partial charge in [-0.25, -0.2) is 23.9 Å². The Morgan fingerprint density at radius 2 is 1.83 bits per heavy atom. The van der Waals surface area contributed by atoms with Gasteiger partial charge in [0, 0.05) is 66.5 Å². The number of benzene rings is 2. The number of likely N-dealkylation sites (tertiary alicyclic amines) is 1. The number of imide groups is 1. The predicted molar refractivity (Wildman–Crippen MR) is 174 cm³/mol. The summed E-state index contributed by atoms with van der Waals surface area (Å²) >= 11 is 0. The van der Waals surface area contributed by atoms with Crippen molar-refractivity contribution in [2.75, 3.05) is 26.2 Å². The number of carbonyl (C=O) groups is 2. The highest BCUT2D eigenvalue weighted by Crippen LogP contribution is 2.28. The molecule has 2 aromatic heterocycles. The number of halogens is 1. The normalized spacial score (nSPS) is 18.0. The summed E-state index contributed by atoms with van der Waals surface area (Å²) in [6, 6.07) is 16.4. The lowest BCUT2D eigenvalue weighted by molar-refractivity contribution is -0.782. The Kier molecular flexibility index (Phi) is 9.91. The molecule has 0 radical (unpaired) electrons. The number of aromatic nitrogens is 4. The molecule has 2 amide bonds. The molecular weight excluding hydrogens is 583 g/mol. The van der Waals surface area contributed by atoms with Crippen molar-refractivity contribution in [3.63, 3.8) is 0 Å². The van der Waals surface area contributed by atoms with Crippen LogP contribution in [0, 0.1) is 31.0 Å². The van der Waals surface area contributed by atoms with Crippen molar-refractivity contribution in [2.24, 2.45) is 0 Å². The number of hydrogen-bond acceptors (Lipinski definition) is 7. The SMILES string of the molecule is Cc1ccc(-c2nc(CC(C)(C)NCC(=O)[N+]3(C(=O)CNCCc4cnc(-c5ccccc5)[nH]4)CCC[C@H]3C#N)c(C)[nH]2)cc1F. The van der Waals surface area contributed by atoms with E-state index in [2.05, 4.69) is 31.7 Å². The number of aromatic amines is 2. The fourth-order valence-corrected chi connectivity index (χ4v) is 6.08. The van der Waals surface area contributed by atoms with Crippen LogP contribution in [0.3, 0.4) is 0 Å². The van der Waals surface area contributed by atoms with Crippen LogP contribution in [0.1, 0.15) is 49.3 Å². The fourth-order valence-electron chi connectivity index (χ4n) is 6.08. The predicted octanol–water partition coefficient (Wildman–Crippen LogP) is 4.52. The Morgan fingerprint density at radius 1 is 1.07 bits per heavy atom. The lowest BCUT2D eigenvalue weighted by Gasteiger charge is -2.33. The smallest absolute Gasteiger partial charge is 0.336 e. The van der Waals surface area contributed by atoms with Crippen LogP contribution in [0.25, 0.3) is 22.8 Å². The number of nitrogens with one attached hydrogen (secondary N) is 4. The Bertz CT molecular complexity index is 1740. The van der Waals surface area contributed by atoms with Crippen molar-refractivity contribution in [2.45, 2.75) is 65.0 Å². The summed E-state index contributed by atoms with van der Waals surface area (Å²) in [6.07, 6.45) is 4.04. The maximum absolute atomic E-state index is 14.2. The zero-order valence-corrected chi connectivity index (χ0v) is 26.9. The van der Waals surface area contributed by atoms with Gasteiger partial charge in [-0.1, -0.05) is 42.5 Å². The number of carbonyl (C=O) groups excluding carboxylic acids is 2. The van der Waals surface area contributed by atoms with Gasteiger partial charge >= 0.3 is 11.8 Å². The molecule has 5 rings (SSSR count). The Labute approximate surface area is 269 Å². The minimum absolute atomic E-state index is 0.0121. The third-order valence-corrected chi connectivity index (χ3v) is 8.84. The molecule has 0 spiro atoms. The van der Waals surface area contributed by atoms with Gasteiger partial charge in [-0.2, -0.15) is 9.74 Å². The Balaban J connectivity index is 1.18. The van der Waals surface area contributed by atoms with Gasteiger partial charge in [-0.15, -0.1) is 0 Å². The third kappa shape index (κ3) is 7.15. The largest absolute Gasteiger partial charge is 0.342 e. The second kappa shape index (κ2) is 13.9. The van der Waals surface area contributed by atoms with E-state index in [1.807, 2.05) is 57.2 Å². The molecule has 11 heteroatoms. The van der Waals surface area contributed by atoms with Crippen molar-refractivity contribution in [1.29, 1.82) is 5.26 Å². The van der Waals surface area contributed by atoms with Gasteiger partial charge in [-0.3, -0.25) is 5.32 Å². The van der Waals surface area contributed by atoms with Crippen molar-refractivity contribution in [3.05, 3.63) is 83.2 Å². The van der Waals surface area contributed by atoms with Crippen molar-refractivity contribution >= 4 is 11.8 Å². The lowest BCUT2D eigenvalue weighted by Crippen LogP contribution is -2.64. The van der Waals surface area contributed by atoms with Crippen LogP contribution >= 0.6 is 0 Å². The number of H-pyrrole nitrogens is 2. The van der Waals surface area contributed by atoms with Crippen LogP contribution in [0.5, 0.6) is 0 Å². The van der Waals surface area contributed by atoms with E-state index < -0.39 is 16.1 Å². The number of nitriles is 1. The average molecular weight is 626 g/mol. The molecule has 3 heterocycles. The standard InChI is InChI=1S/C35H42FN8O2/c1-23-12-13-26(17-29(23)36)34-41-24(2)30(43-34)18-35(3,4)40-22-32(46)44(16-8-11-28(44)19-37)31(45)21-38-15-14-27-20-39-33(42-27)25-9-6-5-7-10-25/h5-7,9-10,12-13,17,20,28,38,40H,8,11,14-16,18,21-22H2,1-4H3,(H,39,42)(H,41,43)/q+1/t28-,44?/m0/s1. The third-order valence-electron chi connectivity index (χ3n) is 8.84. The molecule has 0 aliphatic carbocycles. The topological polar surface area (TPSA) is 139 Å². The highest BCUT2D eigenvalue weighted by atomic mass is 19.1. The first kappa shape index (κ1) is 32.9. The highest BCUT2D eigenvalue weighted by Gasteiger charge is 2.53. The number of amides is 2. The second-order valence-electron chi connectivity index (χ2n) is 12.8.